The van der Waals surface area contributed by atoms with Crippen LogP contribution in [0, 0.1) is 0 Å². The zero-order valence-electron chi connectivity index (χ0n) is 9.95. The van der Waals surface area contributed by atoms with Crippen LogP contribution in [0.2, 0.25) is 0 Å². The summed E-state index contributed by atoms with van der Waals surface area (Å²) in [6.07, 6.45) is 4.65. The molecule has 0 atom stereocenters. The number of aromatic nitrogens is 2. The number of pyridine rings is 2. The first-order valence-corrected chi connectivity index (χ1v) is 5.59. The average Bonchev–Trinajstić information content (AvgIpc) is 2.41. The van der Waals surface area contributed by atoms with E-state index in [4.69, 9.17) is 5.11 Å². The van der Waals surface area contributed by atoms with Gasteiger partial charge < -0.3 is 10.0 Å². The number of aromatic hydroxyl groups is 1. The van der Waals surface area contributed by atoms with Gasteiger partial charge in [0, 0.05) is 25.0 Å². The molecule has 0 fully saturated rings. The molecule has 2 heterocycles. The van der Waals surface area contributed by atoms with Crippen molar-refractivity contribution < 1.29 is 9.90 Å². The monoisotopic (exact) mass is 243 g/mol. The quantitative estimate of drug-likeness (QED) is 0.893. The SMILES string of the molecule is CCN(C(=O)c1ccc(O)nc1)c1cccnc1. The molecule has 0 aromatic carbocycles. The minimum Gasteiger partial charge on any atom is -0.493 e. The van der Waals surface area contributed by atoms with E-state index in [9.17, 15) is 4.79 Å². The van der Waals surface area contributed by atoms with E-state index in [0.717, 1.165) is 5.69 Å². The number of rotatable bonds is 3. The number of carbonyl (C=O) groups is 1. The summed E-state index contributed by atoms with van der Waals surface area (Å²) >= 11 is 0. The van der Waals surface area contributed by atoms with Gasteiger partial charge in [-0.3, -0.25) is 9.78 Å². The predicted molar refractivity (Wildman–Crippen MR) is 67.5 cm³/mol. The lowest BCUT2D eigenvalue weighted by molar-refractivity contribution is 0.0988. The molecule has 0 aliphatic rings. The number of nitrogens with zero attached hydrogens (tertiary/aromatic N) is 3. The molecule has 0 bridgehead atoms. The molecule has 0 aliphatic heterocycles. The summed E-state index contributed by atoms with van der Waals surface area (Å²) < 4.78 is 0. The number of hydrogen-bond donors (Lipinski definition) is 1. The van der Waals surface area contributed by atoms with Crippen LogP contribution in [0.15, 0.2) is 42.9 Å². The lowest BCUT2D eigenvalue weighted by atomic mass is 10.2. The van der Waals surface area contributed by atoms with Gasteiger partial charge in [-0.2, -0.15) is 0 Å². The van der Waals surface area contributed by atoms with Crippen molar-refractivity contribution in [3.8, 4) is 5.88 Å². The Balaban J connectivity index is 2.28. The van der Waals surface area contributed by atoms with E-state index in [1.807, 2.05) is 13.0 Å². The second-order valence-electron chi connectivity index (χ2n) is 3.67. The van der Waals surface area contributed by atoms with Gasteiger partial charge in [0.05, 0.1) is 17.4 Å². The Morgan fingerprint density at radius 3 is 2.72 bits per heavy atom. The molecular formula is C13H13N3O2. The predicted octanol–water partition coefficient (Wildman–Crippen LogP) is 1.85. The van der Waals surface area contributed by atoms with Gasteiger partial charge >= 0.3 is 0 Å². The van der Waals surface area contributed by atoms with Crippen molar-refractivity contribution >= 4 is 11.6 Å². The van der Waals surface area contributed by atoms with E-state index in [-0.39, 0.29) is 11.8 Å². The van der Waals surface area contributed by atoms with Crippen molar-refractivity contribution in [3.05, 3.63) is 48.4 Å². The largest absolute Gasteiger partial charge is 0.493 e. The maximum absolute atomic E-state index is 12.3. The third-order valence-corrected chi connectivity index (χ3v) is 2.51. The fourth-order valence-electron chi connectivity index (χ4n) is 1.63. The summed E-state index contributed by atoms with van der Waals surface area (Å²) in [4.78, 5) is 21.6. The second kappa shape index (κ2) is 5.27. The Kier molecular flexibility index (Phi) is 3.52. The second-order valence-corrected chi connectivity index (χ2v) is 3.67. The summed E-state index contributed by atoms with van der Waals surface area (Å²) in [5, 5.41) is 9.11. The molecule has 18 heavy (non-hydrogen) atoms. The fraction of sp³-hybridized carbons (Fsp3) is 0.154. The highest BCUT2D eigenvalue weighted by Gasteiger charge is 2.16. The molecule has 0 saturated heterocycles. The molecule has 2 aromatic rings. The molecule has 0 unspecified atom stereocenters. The zero-order chi connectivity index (χ0) is 13.0. The summed E-state index contributed by atoms with van der Waals surface area (Å²) in [5.41, 5.74) is 1.16. The first kappa shape index (κ1) is 12.0. The topological polar surface area (TPSA) is 66.3 Å². The lowest BCUT2D eigenvalue weighted by Gasteiger charge is -2.20. The summed E-state index contributed by atoms with van der Waals surface area (Å²) in [6, 6.07) is 6.54. The van der Waals surface area contributed by atoms with Crippen LogP contribution in [0.1, 0.15) is 17.3 Å². The molecule has 2 rings (SSSR count). The third-order valence-electron chi connectivity index (χ3n) is 2.51. The molecule has 1 N–H and O–H groups in total. The Hall–Kier alpha value is -2.43. The third kappa shape index (κ3) is 2.45. The Labute approximate surface area is 105 Å². The molecule has 92 valence electrons. The maximum atomic E-state index is 12.3. The molecule has 0 spiro atoms. The van der Waals surface area contributed by atoms with Crippen LogP contribution < -0.4 is 4.90 Å². The zero-order valence-corrected chi connectivity index (χ0v) is 9.95. The lowest BCUT2D eigenvalue weighted by Crippen LogP contribution is -2.30. The fourth-order valence-corrected chi connectivity index (χ4v) is 1.63. The molecule has 2 aromatic heterocycles. The Morgan fingerprint density at radius 2 is 2.17 bits per heavy atom. The van der Waals surface area contributed by atoms with Gasteiger partial charge in [0.2, 0.25) is 5.88 Å². The number of amides is 1. The van der Waals surface area contributed by atoms with Crippen LogP contribution in [0.4, 0.5) is 5.69 Å². The molecule has 0 saturated carbocycles. The number of carbonyl (C=O) groups excluding carboxylic acids is 1. The van der Waals surface area contributed by atoms with Gasteiger partial charge in [-0.25, -0.2) is 4.98 Å². The van der Waals surface area contributed by atoms with Crippen molar-refractivity contribution in [3.63, 3.8) is 0 Å². The van der Waals surface area contributed by atoms with E-state index < -0.39 is 0 Å². The van der Waals surface area contributed by atoms with Gasteiger partial charge in [-0.05, 0) is 25.1 Å². The summed E-state index contributed by atoms with van der Waals surface area (Å²) in [5.74, 6) is -0.269. The van der Waals surface area contributed by atoms with Gasteiger partial charge in [0.1, 0.15) is 0 Å². The highest BCUT2D eigenvalue weighted by atomic mass is 16.3. The van der Waals surface area contributed by atoms with E-state index >= 15 is 0 Å². The molecule has 0 aliphatic carbocycles. The van der Waals surface area contributed by atoms with Crippen molar-refractivity contribution in [2.45, 2.75) is 6.92 Å². The highest BCUT2D eigenvalue weighted by Crippen LogP contribution is 2.15. The van der Waals surface area contributed by atoms with Crippen molar-refractivity contribution in [1.29, 1.82) is 0 Å². The van der Waals surface area contributed by atoms with E-state index in [0.29, 0.717) is 12.1 Å². The normalized spacial score (nSPS) is 10.1. The van der Waals surface area contributed by atoms with Crippen LogP contribution in [0.3, 0.4) is 0 Å². The van der Waals surface area contributed by atoms with E-state index in [1.54, 1.807) is 29.4 Å². The Bertz CT molecular complexity index is 526. The first-order valence-electron chi connectivity index (χ1n) is 5.59. The molecule has 5 heteroatoms. The molecule has 5 nitrogen and oxygen atoms in total. The minimum absolute atomic E-state index is 0.101. The average molecular weight is 243 g/mol. The standard InChI is InChI=1S/C13H13N3O2/c1-2-16(11-4-3-7-14-9-11)13(18)10-5-6-12(17)15-8-10/h3-9H,2H2,1H3,(H,15,17). The van der Waals surface area contributed by atoms with Crippen LogP contribution >= 0.6 is 0 Å². The Morgan fingerprint density at radius 1 is 1.33 bits per heavy atom. The molecular weight excluding hydrogens is 230 g/mol. The number of anilines is 1. The van der Waals surface area contributed by atoms with E-state index in [1.165, 1.54) is 12.3 Å². The van der Waals surface area contributed by atoms with Gasteiger partial charge in [-0.1, -0.05) is 0 Å². The van der Waals surface area contributed by atoms with Crippen molar-refractivity contribution in [1.82, 2.24) is 9.97 Å². The first-order chi connectivity index (χ1) is 8.72. The maximum Gasteiger partial charge on any atom is 0.259 e. The molecule has 0 radical (unpaired) electrons. The minimum atomic E-state index is -0.169. The van der Waals surface area contributed by atoms with Gasteiger partial charge in [-0.15, -0.1) is 0 Å². The van der Waals surface area contributed by atoms with Crippen LogP contribution in [0.25, 0.3) is 0 Å². The van der Waals surface area contributed by atoms with Gasteiger partial charge in [0.25, 0.3) is 5.91 Å². The van der Waals surface area contributed by atoms with Crippen LogP contribution in [-0.4, -0.2) is 27.5 Å². The van der Waals surface area contributed by atoms with Crippen molar-refractivity contribution in [2.24, 2.45) is 0 Å². The van der Waals surface area contributed by atoms with Crippen molar-refractivity contribution in [2.75, 3.05) is 11.4 Å². The van der Waals surface area contributed by atoms with E-state index in [2.05, 4.69) is 9.97 Å². The molecule has 1 amide bonds. The van der Waals surface area contributed by atoms with Gasteiger partial charge in [0.15, 0.2) is 0 Å². The number of hydrogen-bond acceptors (Lipinski definition) is 4. The highest BCUT2D eigenvalue weighted by molar-refractivity contribution is 6.05. The summed E-state index contributed by atoms with van der Waals surface area (Å²) in [6.45, 7) is 2.42. The smallest absolute Gasteiger partial charge is 0.259 e. The van der Waals surface area contributed by atoms with Crippen LogP contribution in [0.5, 0.6) is 5.88 Å². The summed E-state index contributed by atoms with van der Waals surface area (Å²) in [7, 11) is 0. The van der Waals surface area contributed by atoms with Crippen LogP contribution in [-0.2, 0) is 0 Å².